The zero-order valence-electron chi connectivity index (χ0n) is 15.1. The second-order valence-electron chi connectivity index (χ2n) is 7.40. The number of carbonyl (C=O) groups excluding carboxylic acids is 2. The van der Waals surface area contributed by atoms with Gasteiger partial charge in [0.1, 0.15) is 5.75 Å². The molecule has 1 aliphatic heterocycles. The maximum absolute atomic E-state index is 12.4. The van der Waals surface area contributed by atoms with Crippen molar-refractivity contribution in [2.24, 2.45) is 5.41 Å². The average Bonchev–Trinajstić information content (AvgIpc) is 2.55. The van der Waals surface area contributed by atoms with Crippen molar-refractivity contribution in [1.29, 1.82) is 0 Å². The number of ether oxygens (including phenoxy) is 1. The molecule has 0 bridgehead atoms. The fraction of sp³-hybridized carbons (Fsp3) is 0.579. The van der Waals surface area contributed by atoms with Gasteiger partial charge in [-0.1, -0.05) is 32.9 Å². The van der Waals surface area contributed by atoms with Crippen molar-refractivity contribution in [2.45, 2.75) is 46.1 Å². The summed E-state index contributed by atoms with van der Waals surface area (Å²) in [6.07, 6.45) is 2.04. The van der Waals surface area contributed by atoms with E-state index in [4.69, 9.17) is 4.74 Å². The molecule has 0 unspecified atom stereocenters. The number of nitrogens with one attached hydrogen (secondary N) is 1. The molecule has 24 heavy (non-hydrogen) atoms. The van der Waals surface area contributed by atoms with Crippen molar-refractivity contribution in [3.63, 3.8) is 0 Å². The van der Waals surface area contributed by atoms with Crippen molar-refractivity contribution in [2.75, 3.05) is 20.2 Å². The molecule has 1 aromatic rings. The lowest BCUT2D eigenvalue weighted by Crippen LogP contribution is -2.49. The zero-order chi connectivity index (χ0) is 17.7. The molecule has 1 fully saturated rings. The molecule has 1 aliphatic rings. The summed E-state index contributed by atoms with van der Waals surface area (Å²) in [5, 5.41) is 3.09. The molecule has 5 heteroatoms. The van der Waals surface area contributed by atoms with Gasteiger partial charge in [-0.05, 0) is 30.5 Å². The summed E-state index contributed by atoms with van der Waals surface area (Å²) < 4.78 is 5.13. The van der Waals surface area contributed by atoms with Crippen LogP contribution in [0.15, 0.2) is 24.3 Å². The number of hydrogen-bond acceptors (Lipinski definition) is 3. The van der Waals surface area contributed by atoms with Crippen LogP contribution in [0.3, 0.4) is 0 Å². The Kier molecular flexibility index (Phi) is 5.86. The van der Waals surface area contributed by atoms with E-state index in [2.05, 4.69) is 5.32 Å². The van der Waals surface area contributed by atoms with E-state index < -0.39 is 0 Å². The van der Waals surface area contributed by atoms with Gasteiger partial charge in [0.25, 0.3) is 0 Å². The number of amides is 2. The maximum Gasteiger partial charge on any atom is 0.226 e. The van der Waals surface area contributed by atoms with Gasteiger partial charge in [0.15, 0.2) is 0 Å². The van der Waals surface area contributed by atoms with Crippen LogP contribution in [0.25, 0.3) is 0 Å². The van der Waals surface area contributed by atoms with Gasteiger partial charge in [-0.2, -0.15) is 0 Å². The van der Waals surface area contributed by atoms with Crippen LogP contribution in [0.4, 0.5) is 0 Å². The first kappa shape index (κ1) is 18.3. The van der Waals surface area contributed by atoms with Crippen LogP contribution in [0.5, 0.6) is 5.75 Å². The highest BCUT2D eigenvalue weighted by molar-refractivity contribution is 5.82. The summed E-state index contributed by atoms with van der Waals surface area (Å²) in [4.78, 5) is 26.4. The number of hydrogen-bond donors (Lipinski definition) is 1. The minimum Gasteiger partial charge on any atom is -0.497 e. The molecule has 0 radical (unpaired) electrons. The average molecular weight is 332 g/mol. The van der Waals surface area contributed by atoms with E-state index in [1.807, 2.05) is 49.9 Å². The van der Waals surface area contributed by atoms with E-state index in [-0.39, 0.29) is 23.3 Å². The van der Waals surface area contributed by atoms with Gasteiger partial charge in [-0.3, -0.25) is 9.59 Å². The van der Waals surface area contributed by atoms with E-state index in [1.54, 1.807) is 7.11 Å². The van der Waals surface area contributed by atoms with Crippen LogP contribution in [-0.4, -0.2) is 43.0 Å². The molecular formula is C19H28N2O3. The third-order valence-corrected chi connectivity index (χ3v) is 4.38. The first-order chi connectivity index (χ1) is 11.3. The Balaban J connectivity index is 1.81. The summed E-state index contributed by atoms with van der Waals surface area (Å²) in [6.45, 7) is 7.13. The Morgan fingerprint density at radius 3 is 2.25 bits per heavy atom. The van der Waals surface area contributed by atoms with Gasteiger partial charge in [-0.25, -0.2) is 0 Å². The lowest BCUT2D eigenvalue weighted by Gasteiger charge is -2.33. The zero-order valence-corrected chi connectivity index (χ0v) is 15.1. The summed E-state index contributed by atoms with van der Waals surface area (Å²) in [5.74, 6) is 1.01. The van der Waals surface area contributed by atoms with Crippen molar-refractivity contribution in [3.05, 3.63) is 29.8 Å². The lowest BCUT2D eigenvalue weighted by molar-refractivity contribution is -0.132. The number of nitrogens with zero attached hydrogens (tertiary/aromatic N) is 1. The molecule has 1 N–H and O–H groups in total. The van der Waals surface area contributed by atoms with Crippen LogP contribution in [0, 0.1) is 5.41 Å². The van der Waals surface area contributed by atoms with E-state index in [9.17, 15) is 9.59 Å². The van der Waals surface area contributed by atoms with Gasteiger partial charge in [0.2, 0.25) is 11.8 Å². The maximum atomic E-state index is 12.4. The molecule has 0 aliphatic carbocycles. The smallest absolute Gasteiger partial charge is 0.226 e. The summed E-state index contributed by atoms with van der Waals surface area (Å²) in [6, 6.07) is 7.76. The monoisotopic (exact) mass is 332 g/mol. The third-order valence-electron chi connectivity index (χ3n) is 4.38. The van der Waals surface area contributed by atoms with Crippen LogP contribution >= 0.6 is 0 Å². The molecule has 0 atom stereocenters. The summed E-state index contributed by atoms with van der Waals surface area (Å²) in [5.41, 5.74) is 0.616. The van der Waals surface area contributed by atoms with Gasteiger partial charge < -0.3 is 15.0 Å². The normalized spacial score (nSPS) is 15.9. The van der Waals surface area contributed by atoms with Crippen LogP contribution in [0.2, 0.25) is 0 Å². The quantitative estimate of drug-likeness (QED) is 0.921. The standard InChI is InChI=1S/C19H28N2O3/c1-19(2,3)18(23)20-15-9-11-21(12-10-15)17(22)13-14-5-7-16(24-4)8-6-14/h5-8,15H,9-13H2,1-4H3,(H,20,23). The van der Waals surface area contributed by atoms with Crippen LogP contribution in [0.1, 0.15) is 39.2 Å². The van der Waals surface area contributed by atoms with Gasteiger partial charge in [0, 0.05) is 24.5 Å². The number of piperidine rings is 1. The topological polar surface area (TPSA) is 58.6 Å². The minimum absolute atomic E-state index is 0.0745. The molecule has 1 saturated heterocycles. The predicted molar refractivity (Wildman–Crippen MR) is 93.9 cm³/mol. The van der Waals surface area contributed by atoms with Crippen LogP contribution < -0.4 is 10.1 Å². The van der Waals surface area contributed by atoms with Gasteiger partial charge >= 0.3 is 0 Å². The third kappa shape index (κ3) is 4.98. The second-order valence-corrected chi connectivity index (χ2v) is 7.40. The first-order valence-corrected chi connectivity index (χ1v) is 8.51. The van der Waals surface area contributed by atoms with Crippen molar-refractivity contribution >= 4 is 11.8 Å². The van der Waals surface area contributed by atoms with E-state index >= 15 is 0 Å². The van der Waals surface area contributed by atoms with Crippen LogP contribution in [-0.2, 0) is 16.0 Å². The number of methoxy groups -OCH3 is 1. The molecule has 2 rings (SSSR count). The van der Waals surface area contributed by atoms with E-state index in [1.165, 1.54) is 0 Å². The first-order valence-electron chi connectivity index (χ1n) is 8.51. The predicted octanol–water partition coefficient (Wildman–Crippen LogP) is 2.39. The van der Waals surface area contributed by atoms with Gasteiger partial charge in [-0.15, -0.1) is 0 Å². The largest absolute Gasteiger partial charge is 0.497 e. The van der Waals surface area contributed by atoms with Crippen molar-refractivity contribution < 1.29 is 14.3 Å². The highest BCUT2D eigenvalue weighted by Gasteiger charge is 2.27. The Bertz CT molecular complexity index is 567. The van der Waals surface area contributed by atoms with E-state index in [0.717, 1.165) is 24.2 Å². The second kappa shape index (κ2) is 7.69. The Hall–Kier alpha value is -2.04. The van der Waals surface area contributed by atoms with Crippen molar-refractivity contribution in [3.8, 4) is 5.75 Å². The highest BCUT2D eigenvalue weighted by atomic mass is 16.5. The fourth-order valence-electron chi connectivity index (χ4n) is 2.70. The SMILES string of the molecule is COc1ccc(CC(=O)N2CCC(NC(=O)C(C)(C)C)CC2)cc1. The highest BCUT2D eigenvalue weighted by Crippen LogP contribution is 2.18. The molecule has 1 heterocycles. The molecule has 0 aromatic heterocycles. The van der Waals surface area contributed by atoms with E-state index in [0.29, 0.717) is 19.5 Å². The summed E-state index contributed by atoms with van der Waals surface area (Å²) >= 11 is 0. The van der Waals surface area contributed by atoms with Gasteiger partial charge in [0.05, 0.1) is 13.5 Å². The number of carbonyl (C=O) groups is 2. The number of benzene rings is 1. The number of rotatable bonds is 4. The molecule has 0 saturated carbocycles. The molecular weight excluding hydrogens is 304 g/mol. The molecule has 1 aromatic carbocycles. The minimum atomic E-state index is -0.374. The Labute approximate surface area is 144 Å². The lowest BCUT2D eigenvalue weighted by atomic mass is 9.94. The molecule has 5 nitrogen and oxygen atoms in total. The molecule has 0 spiro atoms. The number of likely N-dealkylation sites (tertiary alicyclic amines) is 1. The molecule has 132 valence electrons. The fourth-order valence-corrected chi connectivity index (χ4v) is 2.70. The summed E-state index contributed by atoms with van der Waals surface area (Å²) in [7, 11) is 1.63. The van der Waals surface area contributed by atoms with Crippen molar-refractivity contribution in [1.82, 2.24) is 10.2 Å². The Morgan fingerprint density at radius 1 is 1.17 bits per heavy atom. The Morgan fingerprint density at radius 2 is 1.75 bits per heavy atom. The molecule has 2 amide bonds.